The van der Waals surface area contributed by atoms with E-state index in [-0.39, 0.29) is 0 Å². The maximum Gasteiger partial charge on any atom is 0.0756 e. The van der Waals surface area contributed by atoms with Gasteiger partial charge in [0.1, 0.15) is 0 Å². The number of hydrogen-bond donors (Lipinski definition) is 1. The molecule has 1 aliphatic heterocycles. The third-order valence-electron chi connectivity index (χ3n) is 1.52. The van der Waals surface area contributed by atoms with Crippen molar-refractivity contribution in [3.63, 3.8) is 0 Å². The molecule has 0 aromatic carbocycles. The van der Waals surface area contributed by atoms with E-state index in [0.717, 1.165) is 23.6 Å². The van der Waals surface area contributed by atoms with E-state index in [0.29, 0.717) is 6.04 Å². The summed E-state index contributed by atoms with van der Waals surface area (Å²) < 4.78 is 10.7. The molecule has 1 N–H and O–H groups in total. The predicted octanol–water partition coefficient (Wildman–Crippen LogP) is 0.444. The molecular weight excluding hydrogens is 166 g/mol. The molecule has 0 aromatic rings. The number of thiocarbonyl (C=S) groups is 1. The second-order valence-electron chi connectivity index (χ2n) is 2.54. The highest BCUT2D eigenvalue weighted by atomic mass is 32.2. The summed E-state index contributed by atoms with van der Waals surface area (Å²) in [4.78, 5) is 0.926. The highest BCUT2D eigenvalue weighted by molar-refractivity contribution is 7.84. The lowest BCUT2D eigenvalue weighted by molar-refractivity contribution is 0.659. The standard InChI is InChI=1S/C6H11NOS2/c1-10(8)4-5-2-3-6(9)7-5/h5H,2-4H2,1H3,(H,7,9)/t5-,10-/m0/s1. The Morgan fingerprint density at radius 3 is 3.00 bits per heavy atom. The summed E-state index contributed by atoms with van der Waals surface area (Å²) in [6.07, 6.45) is 3.75. The van der Waals surface area contributed by atoms with Gasteiger partial charge in [-0.25, -0.2) is 0 Å². The van der Waals surface area contributed by atoms with Gasteiger partial charge in [0.05, 0.1) is 4.99 Å². The molecule has 0 saturated carbocycles. The van der Waals surface area contributed by atoms with Crippen molar-refractivity contribution in [2.45, 2.75) is 18.9 Å². The molecule has 0 spiro atoms. The van der Waals surface area contributed by atoms with E-state index in [2.05, 4.69) is 5.32 Å². The molecule has 1 fully saturated rings. The highest BCUT2D eigenvalue weighted by Gasteiger charge is 2.18. The van der Waals surface area contributed by atoms with Crippen molar-refractivity contribution in [1.82, 2.24) is 5.32 Å². The minimum absolute atomic E-state index is 0.373. The van der Waals surface area contributed by atoms with Crippen molar-refractivity contribution in [3.05, 3.63) is 0 Å². The minimum atomic E-state index is -0.692. The van der Waals surface area contributed by atoms with Gasteiger partial charge in [0.25, 0.3) is 0 Å². The van der Waals surface area contributed by atoms with Crippen LogP contribution >= 0.6 is 12.2 Å². The average molecular weight is 177 g/mol. The van der Waals surface area contributed by atoms with Gasteiger partial charge >= 0.3 is 0 Å². The summed E-state index contributed by atoms with van der Waals surface area (Å²) in [5.74, 6) is 0.736. The summed E-state index contributed by atoms with van der Waals surface area (Å²) in [7, 11) is -0.692. The fourth-order valence-electron chi connectivity index (χ4n) is 1.09. The van der Waals surface area contributed by atoms with Gasteiger partial charge in [0.15, 0.2) is 0 Å². The van der Waals surface area contributed by atoms with E-state index in [4.69, 9.17) is 12.2 Å². The van der Waals surface area contributed by atoms with Crippen LogP contribution in [0.4, 0.5) is 0 Å². The molecule has 0 amide bonds. The van der Waals surface area contributed by atoms with E-state index in [9.17, 15) is 4.21 Å². The Morgan fingerprint density at radius 1 is 1.90 bits per heavy atom. The molecule has 0 aliphatic carbocycles. The van der Waals surface area contributed by atoms with Gasteiger partial charge in [-0.3, -0.25) is 4.21 Å². The van der Waals surface area contributed by atoms with Crippen LogP contribution in [0.15, 0.2) is 0 Å². The Labute approximate surface area is 68.8 Å². The summed E-state index contributed by atoms with van der Waals surface area (Å²) >= 11 is 4.94. The summed E-state index contributed by atoms with van der Waals surface area (Å²) in [6, 6.07) is 0.373. The minimum Gasteiger partial charge on any atom is -0.376 e. The summed E-state index contributed by atoms with van der Waals surface area (Å²) in [5.41, 5.74) is 0. The van der Waals surface area contributed by atoms with Gasteiger partial charge in [-0.15, -0.1) is 0 Å². The maximum atomic E-state index is 10.7. The van der Waals surface area contributed by atoms with E-state index in [1.807, 2.05) is 0 Å². The summed E-state index contributed by atoms with van der Waals surface area (Å²) in [5, 5.41) is 3.12. The van der Waals surface area contributed by atoms with E-state index in [1.54, 1.807) is 6.26 Å². The molecule has 1 heterocycles. The molecule has 0 radical (unpaired) electrons. The number of hydrogen-bond acceptors (Lipinski definition) is 2. The molecule has 10 heavy (non-hydrogen) atoms. The highest BCUT2D eigenvalue weighted by Crippen LogP contribution is 2.08. The number of nitrogens with one attached hydrogen (secondary N) is 1. The van der Waals surface area contributed by atoms with Gasteiger partial charge in [0.2, 0.25) is 0 Å². The first-order valence-corrected chi connectivity index (χ1v) is 5.41. The van der Waals surface area contributed by atoms with Crippen LogP contribution in [0.1, 0.15) is 12.8 Å². The number of rotatable bonds is 2. The molecule has 58 valence electrons. The Morgan fingerprint density at radius 2 is 2.60 bits per heavy atom. The van der Waals surface area contributed by atoms with Crippen molar-refractivity contribution in [2.24, 2.45) is 0 Å². The van der Waals surface area contributed by atoms with Crippen LogP contribution in [0.2, 0.25) is 0 Å². The second-order valence-corrected chi connectivity index (χ2v) is 4.52. The smallest absolute Gasteiger partial charge is 0.0756 e. The van der Waals surface area contributed by atoms with E-state index < -0.39 is 10.8 Å². The monoisotopic (exact) mass is 177 g/mol. The fraction of sp³-hybridized carbons (Fsp3) is 0.833. The molecule has 4 heteroatoms. The van der Waals surface area contributed by atoms with E-state index >= 15 is 0 Å². The van der Waals surface area contributed by atoms with Gasteiger partial charge in [0, 0.05) is 28.9 Å². The van der Waals surface area contributed by atoms with Crippen LogP contribution in [-0.4, -0.2) is 27.2 Å². The van der Waals surface area contributed by atoms with Gasteiger partial charge in [-0.2, -0.15) is 0 Å². The van der Waals surface area contributed by atoms with Gasteiger partial charge in [-0.05, 0) is 12.8 Å². The zero-order valence-corrected chi connectivity index (χ0v) is 7.56. The second kappa shape index (κ2) is 3.44. The maximum absolute atomic E-state index is 10.7. The lowest BCUT2D eigenvalue weighted by atomic mass is 10.3. The van der Waals surface area contributed by atoms with Crippen LogP contribution < -0.4 is 5.32 Å². The zero-order valence-electron chi connectivity index (χ0n) is 5.92. The molecule has 1 saturated heterocycles. The largest absolute Gasteiger partial charge is 0.376 e. The van der Waals surface area contributed by atoms with Crippen molar-refractivity contribution in [2.75, 3.05) is 12.0 Å². The summed E-state index contributed by atoms with van der Waals surface area (Å²) in [6.45, 7) is 0. The third-order valence-corrected chi connectivity index (χ3v) is 2.71. The van der Waals surface area contributed by atoms with Crippen molar-refractivity contribution < 1.29 is 4.21 Å². The average Bonchev–Trinajstić information content (AvgIpc) is 2.13. The topological polar surface area (TPSA) is 29.1 Å². The van der Waals surface area contributed by atoms with E-state index in [1.165, 1.54) is 0 Å². The van der Waals surface area contributed by atoms with Gasteiger partial charge in [-0.1, -0.05) is 12.2 Å². The van der Waals surface area contributed by atoms with Crippen LogP contribution in [-0.2, 0) is 10.8 Å². The molecule has 0 unspecified atom stereocenters. The predicted molar refractivity (Wildman–Crippen MR) is 47.7 cm³/mol. The molecule has 0 aromatic heterocycles. The zero-order chi connectivity index (χ0) is 7.56. The lowest BCUT2D eigenvalue weighted by Crippen LogP contribution is -2.29. The Bertz CT molecular complexity index is 169. The van der Waals surface area contributed by atoms with Crippen LogP contribution in [0.5, 0.6) is 0 Å². The molecule has 0 bridgehead atoms. The normalized spacial score (nSPS) is 28.1. The lowest BCUT2D eigenvalue weighted by Gasteiger charge is -2.06. The SMILES string of the molecule is C[S@](=O)C[C@@H]1CCC(=S)N1. The Kier molecular flexibility index (Phi) is 2.80. The van der Waals surface area contributed by atoms with Crippen molar-refractivity contribution in [3.8, 4) is 0 Å². The molecule has 2 nitrogen and oxygen atoms in total. The Balaban J connectivity index is 2.31. The van der Waals surface area contributed by atoms with Crippen LogP contribution in [0, 0.1) is 0 Å². The molecule has 2 atom stereocenters. The van der Waals surface area contributed by atoms with Gasteiger partial charge < -0.3 is 5.32 Å². The first-order chi connectivity index (χ1) is 4.68. The molecular formula is C6H11NOS2. The quantitative estimate of drug-likeness (QED) is 0.621. The first-order valence-electron chi connectivity index (χ1n) is 3.28. The molecule has 1 aliphatic rings. The van der Waals surface area contributed by atoms with Crippen LogP contribution in [0.3, 0.4) is 0 Å². The van der Waals surface area contributed by atoms with Crippen molar-refractivity contribution >= 4 is 28.0 Å². The Hall–Kier alpha value is 0.0400. The molecule has 1 rings (SSSR count). The van der Waals surface area contributed by atoms with Crippen LogP contribution in [0.25, 0.3) is 0 Å². The van der Waals surface area contributed by atoms with Crippen molar-refractivity contribution in [1.29, 1.82) is 0 Å². The first kappa shape index (κ1) is 8.14. The third kappa shape index (κ3) is 2.34. The fourth-order valence-corrected chi connectivity index (χ4v) is 2.19.